The maximum atomic E-state index is 13.2. The first-order valence-corrected chi connectivity index (χ1v) is 4.73. The van der Waals surface area contributed by atoms with E-state index in [1.54, 1.807) is 0 Å². The van der Waals surface area contributed by atoms with Crippen molar-refractivity contribution in [3.63, 3.8) is 0 Å². The monoisotopic (exact) mass is 212 g/mol. The molecule has 0 atom stereocenters. The number of phenolic OH excluding ortho intramolecular Hbond substituents is 2. The van der Waals surface area contributed by atoms with E-state index in [2.05, 4.69) is 0 Å². The largest absolute Gasteiger partial charge is 0.507 e. The van der Waals surface area contributed by atoms with Crippen molar-refractivity contribution in [3.8, 4) is 11.5 Å². The highest BCUT2D eigenvalue weighted by atomic mass is 19.1. The first-order valence-electron chi connectivity index (χ1n) is 4.73. The van der Waals surface area contributed by atoms with E-state index in [0.717, 1.165) is 12.5 Å². The van der Waals surface area contributed by atoms with Gasteiger partial charge in [0.2, 0.25) is 0 Å². The Morgan fingerprint density at radius 3 is 2.47 bits per heavy atom. The highest BCUT2D eigenvalue weighted by Gasteiger charge is 2.19. The summed E-state index contributed by atoms with van der Waals surface area (Å²) in [5, 5.41) is 18.9. The number of Topliss-reactive ketones (excluding diaryl/α,β-unsaturated/α-hetero) is 1. The van der Waals surface area contributed by atoms with Crippen LogP contribution in [0, 0.1) is 5.82 Å². The van der Waals surface area contributed by atoms with Crippen LogP contribution in [0.25, 0.3) is 0 Å². The number of hydrogen-bond donors (Lipinski definition) is 2. The van der Waals surface area contributed by atoms with Crippen LogP contribution in [0.5, 0.6) is 11.5 Å². The smallest absolute Gasteiger partial charge is 0.167 e. The van der Waals surface area contributed by atoms with Gasteiger partial charge in [-0.3, -0.25) is 4.79 Å². The number of aromatic hydroxyl groups is 2. The molecule has 1 aromatic carbocycles. The lowest BCUT2D eigenvalue weighted by Gasteiger charge is -2.09. The molecule has 0 bridgehead atoms. The predicted octanol–water partition coefficient (Wildman–Crippen LogP) is 2.39. The number of ketones is 1. The molecule has 1 rings (SSSR count). The van der Waals surface area contributed by atoms with E-state index >= 15 is 0 Å². The number of aryl methyl sites for hydroxylation is 1. The molecule has 0 aliphatic carbocycles. The number of hydrogen-bond acceptors (Lipinski definition) is 3. The minimum Gasteiger partial charge on any atom is -0.507 e. The van der Waals surface area contributed by atoms with Gasteiger partial charge in [0, 0.05) is 0 Å². The third-order valence-electron chi connectivity index (χ3n) is 2.18. The number of rotatable bonds is 3. The molecular formula is C11H13FO3. The van der Waals surface area contributed by atoms with Crippen molar-refractivity contribution in [1.29, 1.82) is 0 Å². The van der Waals surface area contributed by atoms with Gasteiger partial charge in [0.1, 0.15) is 11.3 Å². The summed E-state index contributed by atoms with van der Waals surface area (Å²) >= 11 is 0. The molecule has 0 saturated carbocycles. The Morgan fingerprint density at radius 1 is 1.40 bits per heavy atom. The average Bonchev–Trinajstić information content (AvgIpc) is 2.14. The molecule has 4 heteroatoms. The molecule has 0 unspecified atom stereocenters. The molecule has 82 valence electrons. The van der Waals surface area contributed by atoms with Crippen LogP contribution in [-0.2, 0) is 6.42 Å². The molecule has 15 heavy (non-hydrogen) atoms. The third-order valence-corrected chi connectivity index (χ3v) is 2.18. The molecule has 0 fully saturated rings. The van der Waals surface area contributed by atoms with E-state index in [1.807, 2.05) is 6.92 Å². The Kier molecular flexibility index (Phi) is 3.29. The zero-order valence-corrected chi connectivity index (χ0v) is 8.67. The molecule has 0 saturated heterocycles. The van der Waals surface area contributed by atoms with E-state index < -0.39 is 17.3 Å². The Bertz CT molecular complexity index is 399. The van der Waals surface area contributed by atoms with Crippen molar-refractivity contribution in [2.24, 2.45) is 0 Å². The zero-order chi connectivity index (χ0) is 11.6. The normalized spacial score (nSPS) is 10.3. The second-order valence-electron chi connectivity index (χ2n) is 3.40. The fraction of sp³-hybridized carbons (Fsp3) is 0.364. The SMILES string of the molecule is CCCc1cc(F)c(O)c(C(C)=O)c1O. The fourth-order valence-electron chi connectivity index (χ4n) is 1.48. The van der Waals surface area contributed by atoms with Gasteiger partial charge in [-0.15, -0.1) is 0 Å². The highest BCUT2D eigenvalue weighted by Crippen LogP contribution is 2.34. The van der Waals surface area contributed by atoms with Gasteiger partial charge in [-0.25, -0.2) is 4.39 Å². The molecule has 0 aliphatic heterocycles. The van der Waals surface area contributed by atoms with Gasteiger partial charge in [-0.1, -0.05) is 13.3 Å². The molecule has 0 heterocycles. The van der Waals surface area contributed by atoms with Crippen LogP contribution in [0.2, 0.25) is 0 Å². The number of benzene rings is 1. The van der Waals surface area contributed by atoms with Crippen LogP contribution in [0.1, 0.15) is 36.2 Å². The number of halogens is 1. The van der Waals surface area contributed by atoms with E-state index in [4.69, 9.17) is 0 Å². The second-order valence-corrected chi connectivity index (χ2v) is 3.40. The summed E-state index contributed by atoms with van der Waals surface area (Å²) in [5.74, 6) is -2.52. The van der Waals surface area contributed by atoms with Gasteiger partial charge in [0.05, 0.1) is 0 Å². The number of carbonyl (C=O) groups excluding carboxylic acids is 1. The van der Waals surface area contributed by atoms with Crippen LogP contribution in [0.4, 0.5) is 4.39 Å². The Morgan fingerprint density at radius 2 is 2.00 bits per heavy atom. The molecule has 0 amide bonds. The molecular weight excluding hydrogens is 199 g/mol. The maximum Gasteiger partial charge on any atom is 0.167 e. The molecule has 0 aromatic heterocycles. The lowest BCUT2D eigenvalue weighted by molar-refractivity contribution is 0.101. The van der Waals surface area contributed by atoms with Crippen LogP contribution in [0.15, 0.2) is 6.07 Å². The quantitative estimate of drug-likeness (QED) is 0.756. The van der Waals surface area contributed by atoms with E-state index in [-0.39, 0.29) is 11.3 Å². The number of carbonyl (C=O) groups is 1. The summed E-state index contributed by atoms with van der Waals surface area (Å²) in [6.07, 6.45) is 1.18. The predicted molar refractivity (Wildman–Crippen MR) is 53.7 cm³/mol. The minimum absolute atomic E-state index is 0.316. The standard InChI is InChI=1S/C11H13FO3/c1-3-4-7-5-8(12)11(15)9(6(2)13)10(7)14/h5,14-15H,3-4H2,1-2H3. The summed E-state index contributed by atoms with van der Waals surface area (Å²) < 4.78 is 13.2. The average molecular weight is 212 g/mol. The molecule has 0 spiro atoms. The molecule has 2 N–H and O–H groups in total. The summed E-state index contributed by atoms with van der Waals surface area (Å²) in [6, 6.07) is 1.06. The lowest BCUT2D eigenvalue weighted by Crippen LogP contribution is -1.99. The van der Waals surface area contributed by atoms with Crippen molar-refractivity contribution in [2.75, 3.05) is 0 Å². The Labute approximate surface area is 87.2 Å². The molecule has 0 radical (unpaired) electrons. The summed E-state index contributed by atoms with van der Waals surface area (Å²) in [6.45, 7) is 3.04. The summed E-state index contributed by atoms with van der Waals surface area (Å²) in [5.41, 5.74) is 0.0106. The minimum atomic E-state index is -0.874. The lowest BCUT2D eigenvalue weighted by atomic mass is 10.0. The maximum absolute atomic E-state index is 13.2. The van der Waals surface area contributed by atoms with Gasteiger partial charge in [-0.2, -0.15) is 0 Å². The van der Waals surface area contributed by atoms with Crippen LogP contribution >= 0.6 is 0 Å². The first-order chi connectivity index (χ1) is 6.99. The third kappa shape index (κ3) is 2.09. The van der Waals surface area contributed by atoms with Crippen molar-refractivity contribution in [2.45, 2.75) is 26.7 Å². The summed E-state index contributed by atoms with van der Waals surface area (Å²) in [7, 11) is 0. The van der Waals surface area contributed by atoms with Crippen molar-refractivity contribution in [3.05, 3.63) is 23.0 Å². The topological polar surface area (TPSA) is 57.5 Å². The van der Waals surface area contributed by atoms with Gasteiger partial charge in [0.15, 0.2) is 17.3 Å². The van der Waals surface area contributed by atoms with Crippen molar-refractivity contribution in [1.82, 2.24) is 0 Å². The van der Waals surface area contributed by atoms with Crippen LogP contribution in [0.3, 0.4) is 0 Å². The van der Waals surface area contributed by atoms with E-state index in [0.29, 0.717) is 12.0 Å². The second kappa shape index (κ2) is 4.29. The van der Waals surface area contributed by atoms with Gasteiger partial charge in [0.25, 0.3) is 0 Å². The zero-order valence-electron chi connectivity index (χ0n) is 8.67. The molecule has 3 nitrogen and oxygen atoms in total. The van der Waals surface area contributed by atoms with Gasteiger partial charge >= 0.3 is 0 Å². The first kappa shape index (κ1) is 11.5. The highest BCUT2D eigenvalue weighted by molar-refractivity contribution is 5.99. The van der Waals surface area contributed by atoms with E-state index in [9.17, 15) is 19.4 Å². The van der Waals surface area contributed by atoms with Gasteiger partial charge < -0.3 is 10.2 Å². The van der Waals surface area contributed by atoms with Crippen LogP contribution < -0.4 is 0 Å². The van der Waals surface area contributed by atoms with Crippen molar-refractivity contribution < 1.29 is 19.4 Å². The molecule has 1 aromatic rings. The Hall–Kier alpha value is -1.58. The Balaban J connectivity index is 3.42. The van der Waals surface area contributed by atoms with Gasteiger partial charge in [-0.05, 0) is 25.0 Å². The summed E-state index contributed by atoms with van der Waals surface area (Å²) in [4.78, 5) is 11.1. The van der Waals surface area contributed by atoms with Crippen molar-refractivity contribution >= 4 is 5.78 Å². The van der Waals surface area contributed by atoms with Crippen LogP contribution in [-0.4, -0.2) is 16.0 Å². The molecule has 0 aliphatic rings. The fourth-order valence-corrected chi connectivity index (χ4v) is 1.48. The van der Waals surface area contributed by atoms with E-state index in [1.165, 1.54) is 6.92 Å². The number of phenols is 2.